The molecule has 0 bridgehead atoms. The summed E-state index contributed by atoms with van der Waals surface area (Å²) >= 11 is 0. The SMILES string of the molecule is CN(CCO)c1ccc(C=Cc2ccc(OS(=O)(=O)OCCO)cc2)cc1. The molecule has 2 aromatic rings. The molecule has 0 fully saturated rings. The third kappa shape index (κ3) is 7.03. The minimum Gasteiger partial charge on any atom is -0.395 e. The van der Waals surface area contributed by atoms with Crippen LogP contribution in [0.1, 0.15) is 11.1 Å². The molecule has 146 valence electrons. The second kappa shape index (κ2) is 10.1. The minimum atomic E-state index is -4.18. The predicted octanol–water partition coefficient (Wildman–Crippen LogP) is 1.92. The van der Waals surface area contributed by atoms with Gasteiger partial charge in [-0.15, -0.1) is 0 Å². The van der Waals surface area contributed by atoms with Crippen LogP contribution in [-0.4, -0.2) is 52.0 Å². The van der Waals surface area contributed by atoms with E-state index in [-0.39, 0.29) is 19.0 Å². The Bertz CT molecular complexity index is 832. The van der Waals surface area contributed by atoms with E-state index in [0.717, 1.165) is 16.8 Å². The van der Waals surface area contributed by atoms with Crippen molar-refractivity contribution in [1.29, 1.82) is 0 Å². The molecule has 0 aromatic heterocycles. The van der Waals surface area contributed by atoms with Crippen LogP contribution in [0.4, 0.5) is 5.69 Å². The summed E-state index contributed by atoms with van der Waals surface area (Å²) in [5.74, 6) is 0.126. The molecule has 27 heavy (non-hydrogen) atoms. The number of rotatable bonds is 10. The van der Waals surface area contributed by atoms with Gasteiger partial charge in [0.15, 0.2) is 0 Å². The van der Waals surface area contributed by atoms with E-state index in [1.807, 2.05) is 48.4 Å². The van der Waals surface area contributed by atoms with Crippen LogP contribution in [0.2, 0.25) is 0 Å². The maximum atomic E-state index is 11.5. The first kappa shape index (κ1) is 20.9. The van der Waals surface area contributed by atoms with Crippen LogP contribution in [0.5, 0.6) is 5.75 Å². The minimum absolute atomic E-state index is 0.104. The van der Waals surface area contributed by atoms with Crippen LogP contribution in [0.15, 0.2) is 48.5 Å². The molecule has 0 aliphatic heterocycles. The number of hydrogen-bond donors (Lipinski definition) is 2. The molecule has 0 aliphatic carbocycles. The van der Waals surface area contributed by atoms with Crippen molar-refractivity contribution in [2.45, 2.75) is 0 Å². The topological polar surface area (TPSA) is 96.3 Å². The quantitative estimate of drug-likeness (QED) is 0.595. The molecular formula is C19H23NO6S. The van der Waals surface area contributed by atoms with E-state index in [9.17, 15) is 8.42 Å². The Morgan fingerprint density at radius 2 is 1.48 bits per heavy atom. The van der Waals surface area contributed by atoms with Crippen molar-refractivity contribution in [1.82, 2.24) is 0 Å². The number of likely N-dealkylation sites (N-methyl/N-ethyl adjacent to an activating group) is 1. The summed E-state index contributed by atoms with van der Waals surface area (Å²) < 4.78 is 32.2. The Balaban J connectivity index is 1.97. The van der Waals surface area contributed by atoms with Crippen molar-refractivity contribution < 1.29 is 27.0 Å². The van der Waals surface area contributed by atoms with Gasteiger partial charge in [0, 0.05) is 19.3 Å². The van der Waals surface area contributed by atoms with Crippen molar-refractivity contribution >= 4 is 28.2 Å². The molecule has 0 amide bonds. The summed E-state index contributed by atoms with van der Waals surface area (Å²) in [6.07, 6.45) is 3.83. The molecule has 0 atom stereocenters. The lowest BCUT2D eigenvalue weighted by atomic mass is 10.1. The first-order valence-electron chi connectivity index (χ1n) is 8.33. The maximum Gasteiger partial charge on any atom is 0.449 e. The smallest absolute Gasteiger partial charge is 0.395 e. The van der Waals surface area contributed by atoms with Crippen molar-refractivity contribution in [3.05, 3.63) is 59.7 Å². The Hall–Kier alpha value is -2.39. The van der Waals surface area contributed by atoms with Gasteiger partial charge in [-0.05, 0) is 35.4 Å². The summed E-state index contributed by atoms with van der Waals surface area (Å²) in [5.41, 5.74) is 2.90. The summed E-state index contributed by atoms with van der Waals surface area (Å²) in [6, 6.07) is 14.4. The second-order valence-corrected chi connectivity index (χ2v) is 6.90. The highest BCUT2D eigenvalue weighted by Crippen LogP contribution is 2.18. The Morgan fingerprint density at radius 1 is 0.926 bits per heavy atom. The number of aliphatic hydroxyl groups is 2. The summed E-state index contributed by atoms with van der Waals surface area (Å²) in [7, 11) is -2.26. The van der Waals surface area contributed by atoms with Crippen molar-refractivity contribution in [2.24, 2.45) is 0 Å². The number of anilines is 1. The first-order chi connectivity index (χ1) is 12.9. The Kier molecular flexibility index (Phi) is 7.81. The molecule has 0 spiro atoms. The predicted molar refractivity (Wildman–Crippen MR) is 105 cm³/mol. The van der Waals surface area contributed by atoms with E-state index in [4.69, 9.17) is 14.4 Å². The lowest BCUT2D eigenvalue weighted by Crippen LogP contribution is -2.20. The van der Waals surface area contributed by atoms with Crippen molar-refractivity contribution in [3.8, 4) is 5.75 Å². The zero-order valence-electron chi connectivity index (χ0n) is 15.0. The molecule has 2 N–H and O–H groups in total. The molecular weight excluding hydrogens is 370 g/mol. The maximum absolute atomic E-state index is 11.5. The molecule has 7 nitrogen and oxygen atoms in total. The first-order valence-corrected chi connectivity index (χ1v) is 9.67. The molecule has 0 aliphatic rings. The summed E-state index contributed by atoms with van der Waals surface area (Å²) in [4.78, 5) is 1.96. The summed E-state index contributed by atoms with van der Waals surface area (Å²) in [6.45, 7) is -0.0835. The van der Waals surface area contributed by atoms with Gasteiger partial charge in [0.25, 0.3) is 0 Å². The molecule has 8 heteroatoms. The zero-order valence-corrected chi connectivity index (χ0v) is 15.8. The van der Waals surface area contributed by atoms with E-state index in [1.165, 1.54) is 12.1 Å². The average Bonchev–Trinajstić information content (AvgIpc) is 2.66. The lowest BCUT2D eigenvalue weighted by molar-refractivity contribution is 0.190. The van der Waals surface area contributed by atoms with E-state index >= 15 is 0 Å². The Labute approximate surface area is 159 Å². The zero-order chi connectivity index (χ0) is 19.7. The fraction of sp³-hybridized carbons (Fsp3) is 0.263. The normalized spacial score (nSPS) is 11.7. The fourth-order valence-electron chi connectivity index (χ4n) is 2.23. The number of nitrogens with zero attached hydrogens (tertiary/aromatic N) is 1. The van der Waals surface area contributed by atoms with Gasteiger partial charge in [0.1, 0.15) is 5.75 Å². The van der Waals surface area contributed by atoms with Gasteiger partial charge in [-0.1, -0.05) is 36.4 Å². The monoisotopic (exact) mass is 393 g/mol. The largest absolute Gasteiger partial charge is 0.449 e. The van der Waals surface area contributed by atoms with Crippen LogP contribution in [0.25, 0.3) is 12.2 Å². The van der Waals surface area contributed by atoms with Crippen LogP contribution < -0.4 is 9.08 Å². The van der Waals surface area contributed by atoms with Gasteiger partial charge in [-0.3, -0.25) is 0 Å². The van der Waals surface area contributed by atoms with Gasteiger partial charge in [-0.25, -0.2) is 4.18 Å². The fourth-order valence-corrected chi connectivity index (χ4v) is 2.90. The van der Waals surface area contributed by atoms with Gasteiger partial charge < -0.3 is 19.3 Å². The molecule has 0 heterocycles. The van der Waals surface area contributed by atoms with Crippen LogP contribution in [0.3, 0.4) is 0 Å². The van der Waals surface area contributed by atoms with Crippen LogP contribution in [-0.2, 0) is 14.6 Å². The molecule has 0 saturated heterocycles. The highest BCUT2D eigenvalue weighted by molar-refractivity contribution is 7.82. The van der Waals surface area contributed by atoms with Gasteiger partial charge in [0.05, 0.1) is 19.8 Å². The van der Waals surface area contributed by atoms with Crippen molar-refractivity contribution in [2.75, 3.05) is 38.3 Å². The highest BCUT2D eigenvalue weighted by atomic mass is 32.3. The number of aliphatic hydroxyl groups excluding tert-OH is 2. The van der Waals surface area contributed by atoms with E-state index in [1.54, 1.807) is 12.1 Å². The second-order valence-electron chi connectivity index (χ2n) is 5.68. The highest BCUT2D eigenvalue weighted by Gasteiger charge is 2.12. The molecule has 0 unspecified atom stereocenters. The van der Waals surface area contributed by atoms with Gasteiger partial charge in [-0.2, -0.15) is 8.42 Å². The van der Waals surface area contributed by atoms with Crippen molar-refractivity contribution in [3.63, 3.8) is 0 Å². The van der Waals surface area contributed by atoms with Gasteiger partial charge >= 0.3 is 10.4 Å². The summed E-state index contributed by atoms with van der Waals surface area (Å²) in [5, 5.41) is 17.6. The number of hydrogen-bond acceptors (Lipinski definition) is 7. The van der Waals surface area contributed by atoms with Crippen LogP contribution in [0, 0.1) is 0 Å². The third-order valence-corrected chi connectivity index (χ3v) is 4.49. The van der Waals surface area contributed by atoms with E-state index in [2.05, 4.69) is 4.18 Å². The molecule has 2 aromatic carbocycles. The number of benzene rings is 2. The average molecular weight is 393 g/mol. The standard InChI is InChI=1S/C19H23NO6S/c1-20(12-13-21)18-8-4-16(5-9-18)2-3-17-6-10-19(11-7-17)26-27(23,24)25-15-14-22/h2-11,21-22H,12-15H2,1H3. The third-order valence-electron chi connectivity index (χ3n) is 3.63. The van der Waals surface area contributed by atoms with Gasteiger partial charge in [0.2, 0.25) is 0 Å². The van der Waals surface area contributed by atoms with E-state index in [0.29, 0.717) is 6.54 Å². The van der Waals surface area contributed by atoms with Crippen LogP contribution >= 0.6 is 0 Å². The van der Waals surface area contributed by atoms with E-state index < -0.39 is 17.0 Å². The lowest BCUT2D eigenvalue weighted by Gasteiger charge is -2.17. The molecule has 0 radical (unpaired) electrons. The molecule has 2 rings (SSSR count). The molecule has 0 saturated carbocycles. The Morgan fingerprint density at radius 3 is 2.00 bits per heavy atom.